The van der Waals surface area contributed by atoms with E-state index in [1.165, 1.54) is 32.1 Å². The number of hydrogen-bond donors (Lipinski definition) is 0. The molecule has 1 heterocycles. The third-order valence-corrected chi connectivity index (χ3v) is 6.79. The van der Waals surface area contributed by atoms with Gasteiger partial charge in [0.05, 0.1) is 8.48 Å². The molecule has 3 heteroatoms. The summed E-state index contributed by atoms with van der Waals surface area (Å²) in [6.07, 6.45) is 8.90. The van der Waals surface area contributed by atoms with E-state index >= 15 is 0 Å². The van der Waals surface area contributed by atoms with Crippen LogP contribution in [0.1, 0.15) is 39.0 Å². The summed E-state index contributed by atoms with van der Waals surface area (Å²) in [6, 6.07) is 0. The third kappa shape index (κ3) is 3.60. The van der Waals surface area contributed by atoms with Gasteiger partial charge in [-0.3, -0.25) is 0 Å². The molecular weight excluding hydrogens is 312 g/mol. The minimum absolute atomic E-state index is 0.214. The van der Waals surface area contributed by atoms with Crippen LogP contribution in [0.3, 0.4) is 0 Å². The maximum absolute atomic E-state index is 3.81. The largest absolute Gasteiger partial charge is 0.118 e. The summed E-state index contributed by atoms with van der Waals surface area (Å²) in [6.45, 7) is 2.25. The molecule has 0 nitrogen and oxygen atoms in total. The van der Waals surface area contributed by atoms with E-state index in [4.69, 9.17) is 0 Å². The molecule has 0 saturated carbocycles. The Kier molecular flexibility index (Phi) is 5.42. The summed E-state index contributed by atoms with van der Waals surface area (Å²) in [4.78, 5) is 0. The van der Waals surface area contributed by atoms with Gasteiger partial charge >= 0.3 is 0 Å². The normalized spacial score (nSPS) is 32.7. The summed E-state index contributed by atoms with van der Waals surface area (Å²) < 4.78 is 0.729. The van der Waals surface area contributed by atoms with E-state index in [0.29, 0.717) is 4.16 Å². The predicted octanol–water partition coefficient (Wildman–Crippen LogP) is 5.07. The second kappa shape index (κ2) is 5.82. The van der Waals surface area contributed by atoms with Gasteiger partial charge in [0.1, 0.15) is 0 Å². The Labute approximate surface area is 102 Å². The summed E-state index contributed by atoms with van der Waals surface area (Å²) >= 11 is 9.35. The van der Waals surface area contributed by atoms with Crippen LogP contribution in [0.2, 0.25) is 0 Å². The average Bonchev–Trinajstić information content (AvgIpc) is 2.42. The molecule has 76 valence electrons. The van der Waals surface area contributed by atoms with Crippen LogP contribution in [-0.2, 0) is 0 Å². The van der Waals surface area contributed by atoms with Crippen LogP contribution in [-0.4, -0.2) is 8.48 Å². The molecule has 2 unspecified atom stereocenters. The number of alkyl halides is 2. The molecule has 13 heavy (non-hydrogen) atoms. The van der Waals surface area contributed by atoms with Crippen molar-refractivity contribution >= 4 is 43.6 Å². The maximum atomic E-state index is 3.81. The predicted molar refractivity (Wildman–Crippen MR) is 69.9 cm³/mol. The van der Waals surface area contributed by atoms with E-state index in [2.05, 4.69) is 50.3 Å². The first kappa shape index (κ1) is 12.1. The second-order valence-corrected chi connectivity index (χ2v) is 7.51. The van der Waals surface area contributed by atoms with Crippen LogP contribution >= 0.6 is 43.6 Å². The Bertz CT molecular complexity index is 182. The molecule has 0 aromatic carbocycles. The van der Waals surface area contributed by atoms with Gasteiger partial charge in [-0.2, -0.15) is 0 Å². The van der Waals surface area contributed by atoms with Crippen molar-refractivity contribution in [3.63, 3.8) is 0 Å². The standard InChI is InChI=1S/C10H16Br2S/c1-2-3-4-5-6-10(12)7-8-13-9(10)11/h7-9H,2-6H2,1H3. The minimum atomic E-state index is 0.214. The second-order valence-electron chi connectivity index (χ2n) is 3.49. The van der Waals surface area contributed by atoms with Gasteiger partial charge < -0.3 is 0 Å². The van der Waals surface area contributed by atoms with E-state index < -0.39 is 0 Å². The quantitative estimate of drug-likeness (QED) is 0.501. The monoisotopic (exact) mass is 326 g/mol. The number of rotatable bonds is 5. The lowest BCUT2D eigenvalue weighted by Crippen LogP contribution is -2.23. The Morgan fingerprint density at radius 3 is 2.69 bits per heavy atom. The summed E-state index contributed by atoms with van der Waals surface area (Å²) in [5.74, 6) is 0. The van der Waals surface area contributed by atoms with Crippen LogP contribution in [0.4, 0.5) is 0 Å². The van der Waals surface area contributed by atoms with Crippen molar-refractivity contribution < 1.29 is 0 Å². The molecule has 1 aliphatic rings. The fourth-order valence-electron chi connectivity index (χ4n) is 1.43. The number of halogens is 2. The third-order valence-electron chi connectivity index (χ3n) is 2.33. The topological polar surface area (TPSA) is 0 Å². The van der Waals surface area contributed by atoms with Gasteiger partial charge in [-0.25, -0.2) is 0 Å². The number of thioether (sulfide) groups is 1. The highest BCUT2D eigenvalue weighted by molar-refractivity contribution is 9.14. The van der Waals surface area contributed by atoms with Gasteiger partial charge in [0.2, 0.25) is 0 Å². The van der Waals surface area contributed by atoms with Crippen LogP contribution in [0.15, 0.2) is 11.5 Å². The average molecular weight is 328 g/mol. The molecular formula is C10H16Br2S. The molecule has 1 rings (SSSR count). The number of allylic oxidation sites excluding steroid dienone is 1. The van der Waals surface area contributed by atoms with Crippen molar-refractivity contribution in [2.75, 3.05) is 0 Å². The van der Waals surface area contributed by atoms with Crippen molar-refractivity contribution in [1.29, 1.82) is 0 Å². The first-order chi connectivity index (χ1) is 6.19. The molecule has 0 radical (unpaired) electrons. The molecule has 2 atom stereocenters. The SMILES string of the molecule is CCCCCCC1(Br)C=CSC1Br. The lowest BCUT2D eigenvalue weighted by molar-refractivity contribution is 0.594. The zero-order valence-corrected chi connectivity index (χ0v) is 11.9. The van der Waals surface area contributed by atoms with E-state index in [9.17, 15) is 0 Å². The molecule has 0 amide bonds. The van der Waals surface area contributed by atoms with Gasteiger partial charge in [0.15, 0.2) is 0 Å². The minimum Gasteiger partial charge on any atom is -0.118 e. The van der Waals surface area contributed by atoms with Gasteiger partial charge in [-0.05, 0) is 11.8 Å². The Balaban J connectivity index is 2.22. The van der Waals surface area contributed by atoms with E-state index in [0.717, 1.165) is 0 Å². The molecule has 0 aromatic rings. The molecule has 0 fully saturated rings. The van der Waals surface area contributed by atoms with Crippen LogP contribution in [0, 0.1) is 0 Å². The number of hydrogen-bond acceptors (Lipinski definition) is 1. The molecule has 1 aliphatic heterocycles. The van der Waals surface area contributed by atoms with Crippen LogP contribution < -0.4 is 0 Å². The highest BCUT2D eigenvalue weighted by atomic mass is 79.9. The van der Waals surface area contributed by atoms with Crippen molar-refractivity contribution in [2.45, 2.75) is 47.5 Å². The fourth-order valence-corrected chi connectivity index (χ4v) is 3.98. The van der Waals surface area contributed by atoms with Gasteiger partial charge in [-0.1, -0.05) is 70.5 Å². The van der Waals surface area contributed by atoms with Crippen molar-refractivity contribution in [3.8, 4) is 0 Å². The number of unbranched alkanes of at least 4 members (excludes halogenated alkanes) is 3. The van der Waals surface area contributed by atoms with Crippen LogP contribution in [0.5, 0.6) is 0 Å². The van der Waals surface area contributed by atoms with E-state index in [1.54, 1.807) is 0 Å². The molecule has 0 spiro atoms. The molecule has 0 aliphatic carbocycles. The molecule has 0 saturated heterocycles. The first-order valence-corrected chi connectivity index (χ1v) is 7.50. The zero-order valence-electron chi connectivity index (χ0n) is 7.93. The molecule has 0 N–H and O–H groups in total. The lowest BCUT2D eigenvalue weighted by Gasteiger charge is -2.23. The van der Waals surface area contributed by atoms with Gasteiger partial charge in [-0.15, -0.1) is 11.8 Å². The highest BCUT2D eigenvalue weighted by Crippen LogP contribution is 2.46. The highest BCUT2D eigenvalue weighted by Gasteiger charge is 2.35. The maximum Gasteiger partial charge on any atom is 0.0829 e. The Hall–Kier alpha value is 1.05. The zero-order chi connectivity index (χ0) is 9.73. The van der Waals surface area contributed by atoms with Gasteiger partial charge in [0, 0.05) is 0 Å². The smallest absolute Gasteiger partial charge is 0.0829 e. The van der Waals surface area contributed by atoms with Crippen molar-refractivity contribution in [3.05, 3.63) is 11.5 Å². The summed E-state index contributed by atoms with van der Waals surface area (Å²) in [5, 5.41) is 2.19. The van der Waals surface area contributed by atoms with E-state index in [-0.39, 0.29) is 4.32 Å². The summed E-state index contributed by atoms with van der Waals surface area (Å²) in [5.41, 5.74) is 0. The summed E-state index contributed by atoms with van der Waals surface area (Å²) in [7, 11) is 0. The lowest BCUT2D eigenvalue weighted by atomic mass is 10.0. The van der Waals surface area contributed by atoms with Gasteiger partial charge in [0.25, 0.3) is 0 Å². The van der Waals surface area contributed by atoms with Crippen molar-refractivity contribution in [2.24, 2.45) is 0 Å². The fraction of sp³-hybridized carbons (Fsp3) is 0.800. The molecule has 0 aromatic heterocycles. The van der Waals surface area contributed by atoms with Crippen molar-refractivity contribution in [1.82, 2.24) is 0 Å². The molecule has 0 bridgehead atoms. The van der Waals surface area contributed by atoms with E-state index in [1.807, 2.05) is 11.8 Å². The first-order valence-electron chi connectivity index (χ1n) is 4.85. The Morgan fingerprint density at radius 2 is 2.15 bits per heavy atom. The van der Waals surface area contributed by atoms with Crippen LogP contribution in [0.25, 0.3) is 0 Å². The Morgan fingerprint density at radius 1 is 1.38 bits per heavy atom.